The number of nitrogens with one attached hydrogen (secondary N) is 1. The average Bonchev–Trinajstić information content (AvgIpc) is 2.41. The summed E-state index contributed by atoms with van der Waals surface area (Å²) in [5.41, 5.74) is 1.12. The van der Waals surface area contributed by atoms with Gasteiger partial charge in [0.05, 0.1) is 6.61 Å². The zero-order valence-corrected chi connectivity index (χ0v) is 10.9. The number of hydrogen-bond acceptors (Lipinski definition) is 4. The van der Waals surface area contributed by atoms with Gasteiger partial charge in [-0.05, 0) is 31.0 Å². The van der Waals surface area contributed by atoms with Gasteiger partial charge in [-0.3, -0.25) is 0 Å². The van der Waals surface area contributed by atoms with Gasteiger partial charge in [0.15, 0.2) is 6.10 Å². The molecule has 2 N–H and O–H groups in total. The van der Waals surface area contributed by atoms with Crippen molar-refractivity contribution in [2.45, 2.75) is 39.0 Å². The zero-order chi connectivity index (χ0) is 13.4. The van der Waals surface area contributed by atoms with Crippen LogP contribution in [0.3, 0.4) is 0 Å². The standard InChI is InChI=1S/C14H20N2O2/c1-3-13(10-17)16-9-12-4-6-14(7-5-12)18-11(2)8-15/h4-7,11,13,16-17H,3,9-10H2,1-2H3. The van der Waals surface area contributed by atoms with Crippen molar-refractivity contribution < 1.29 is 9.84 Å². The van der Waals surface area contributed by atoms with Crippen LogP contribution in [-0.4, -0.2) is 23.9 Å². The van der Waals surface area contributed by atoms with E-state index in [1.807, 2.05) is 37.3 Å². The van der Waals surface area contributed by atoms with E-state index in [-0.39, 0.29) is 12.6 Å². The highest BCUT2D eigenvalue weighted by Crippen LogP contribution is 2.13. The quantitative estimate of drug-likeness (QED) is 0.772. The van der Waals surface area contributed by atoms with Crippen LogP contribution in [0.4, 0.5) is 0 Å². The molecule has 98 valence electrons. The fraction of sp³-hybridized carbons (Fsp3) is 0.500. The van der Waals surface area contributed by atoms with Crippen LogP contribution in [0, 0.1) is 11.3 Å². The summed E-state index contributed by atoms with van der Waals surface area (Å²) in [6, 6.07) is 9.77. The van der Waals surface area contributed by atoms with Gasteiger partial charge < -0.3 is 15.2 Å². The highest BCUT2D eigenvalue weighted by molar-refractivity contribution is 5.27. The lowest BCUT2D eigenvalue weighted by molar-refractivity contribution is 0.238. The Balaban J connectivity index is 2.48. The van der Waals surface area contributed by atoms with Crippen LogP contribution in [0.5, 0.6) is 5.75 Å². The van der Waals surface area contributed by atoms with Crippen molar-refractivity contribution in [2.75, 3.05) is 6.61 Å². The third-order valence-electron chi connectivity index (χ3n) is 2.73. The lowest BCUT2D eigenvalue weighted by Crippen LogP contribution is -2.31. The summed E-state index contributed by atoms with van der Waals surface area (Å²) in [5, 5.41) is 21.0. The van der Waals surface area contributed by atoms with Gasteiger partial charge in [-0.1, -0.05) is 19.1 Å². The lowest BCUT2D eigenvalue weighted by Gasteiger charge is -2.14. The normalized spacial score (nSPS) is 13.7. The molecule has 0 radical (unpaired) electrons. The first-order valence-corrected chi connectivity index (χ1v) is 6.19. The first kappa shape index (κ1) is 14.5. The minimum Gasteiger partial charge on any atom is -0.476 e. The summed E-state index contributed by atoms with van der Waals surface area (Å²) < 4.78 is 5.36. The van der Waals surface area contributed by atoms with E-state index in [4.69, 9.17) is 15.1 Å². The van der Waals surface area contributed by atoms with Crippen molar-refractivity contribution in [1.29, 1.82) is 5.26 Å². The third kappa shape index (κ3) is 4.74. The Bertz CT molecular complexity index is 380. The maximum Gasteiger partial charge on any atom is 0.181 e. The van der Waals surface area contributed by atoms with Gasteiger partial charge in [-0.2, -0.15) is 5.26 Å². The van der Waals surface area contributed by atoms with Crippen LogP contribution in [0.15, 0.2) is 24.3 Å². The van der Waals surface area contributed by atoms with E-state index in [0.29, 0.717) is 12.3 Å². The van der Waals surface area contributed by atoms with Crippen molar-refractivity contribution >= 4 is 0 Å². The molecule has 0 aliphatic heterocycles. The van der Waals surface area contributed by atoms with Crippen molar-refractivity contribution in [1.82, 2.24) is 5.32 Å². The van der Waals surface area contributed by atoms with Crippen LogP contribution in [0.2, 0.25) is 0 Å². The molecule has 1 rings (SSSR count). The fourth-order valence-corrected chi connectivity index (χ4v) is 1.52. The van der Waals surface area contributed by atoms with Crippen LogP contribution < -0.4 is 10.1 Å². The first-order chi connectivity index (χ1) is 8.69. The minimum absolute atomic E-state index is 0.138. The van der Waals surface area contributed by atoms with Crippen molar-refractivity contribution in [3.8, 4) is 11.8 Å². The third-order valence-corrected chi connectivity index (χ3v) is 2.73. The monoisotopic (exact) mass is 248 g/mol. The molecule has 0 saturated heterocycles. The molecule has 2 atom stereocenters. The van der Waals surface area contributed by atoms with Crippen LogP contribution in [0.25, 0.3) is 0 Å². The highest BCUT2D eigenvalue weighted by atomic mass is 16.5. The molecule has 1 aromatic rings. The SMILES string of the molecule is CCC(CO)NCc1ccc(OC(C)C#N)cc1. The smallest absolute Gasteiger partial charge is 0.181 e. The number of nitrogens with zero attached hydrogens (tertiary/aromatic N) is 1. The van der Waals surface area contributed by atoms with E-state index < -0.39 is 6.10 Å². The Hall–Kier alpha value is -1.57. The molecule has 1 aromatic carbocycles. The molecular weight excluding hydrogens is 228 g/mol. The number of rotatable bonds is 7. The second-order valence-electron chi connectivity index (χ2n) is 4.20. The van der Waals surface area contributed by atoms with E-state index in [0.717, 1.165) is 12.0 Å². The predicted molar refractivity (Wildman–Crippen MR) is 70.1 cm³/mol. The molecule has 0 spiro atoms. The number of aliphatic hydroxyl groups excluding tert-OH is 1. The van der Waals surface area contributed by atoms with Gasteiger partial charge in [0.2, 0.25) is 0 Å². The topological polar surface area (TPSA) is 65.3 Å². The van der Waals surface area contributed by atoms with Crippen LogP contribution in [-0.2, 0) is 6.54 Å². The van der Waals surface area contributed by atoms with E-state index in [1.54, 1.807) is 6.92 Å². The zero-order valence-electron chi connectivity index (χ0n) is 10.9. The molecular formula is C14H20N2O2. The Morgan fingerprint density at radius 3 is 2.56 bits per heavy atom. The molecule has 0 aliphatic carbocycles. The molecule has 0 aromatic heterocycles. The summed E-state index contributed by atoms with van der Waals surface area (Å²) >= 11 is 0. The number of nitriles is 1. The molecule has 4 nitrogen and oxygen atoms in total. The van der Waals surface area contributed by atoms with Crippen molar-refractivity contribution in [2.24, 2.45) is 0 Å². The van der Waals surface area contributed by atoms with E-state index in [2.05, 4.69) is 5.32 Å². The van der Waals surface area contributed by atoms with E-state index in [1.165, 1.54) is 0 Å². The Morgan fingerprint density at radius 2 is 2.06 bits per heavy atom. The number of ether oxygens (including phenoxy) is 1. The van der Waals surface area contributed by atoms with Gasteiger partial charge in [0, 0.05) is 12.6 Å². The van der Waals surface area contributed by atoms with Crippen LogP contribution in [0.1, 0.15) is 25.8 Å². The Morgan fingerprint density at radius 1 is 1.39 bits per heavy atom. The average molecular weight is 248 g/mol. The number of hydrogen-bond donors (Lipinski definition) is 2. The molecule has 0 fully saturated rings. The molecule has 0 saturated carbocycles. The number of aliphatic hydroxyl groups is 1. The second-order valence-corrected chi connectivity index (χ2v) is 4.20. The van der Waals surface area contributed by atoms with E-state index >= 15 is 0 Å². The van der Waals surface area contributed by atoms with Crippen molar-refractivity contribution in [3.63, 3.8) is 0 Å². The Kier molecular flexibility index (Phi) is 6.20. The summed E-state index contributed by atoms with van der Waals surface area (Å²) in [6.45, 7) is 4.61. The summed E-state index contributed by atoms with van der Waals surface area (Å²) in [7, 11) is 0. The van der Waals surface area contributed by atoms with Gasteiger partial charge in [0.25, 0.3) is 0 Å². The summed E-state index contributed by atoms with van der Waals surface area (Å²) in [5.74, 6) is 0.696. The Labute approximate surface area is 108 Å². The maximum atomic E-state index is 9.06. The molecule has 0 amide bonds. The fourth-order valence-electron chi connectivity index (χ4n) is 1.52. The van der Waals surface area contributed by atoms with Gasteiger partial charge in [-0.25, -0.2) is 0 Å². The minimum atomic E-state index is -0.437. The lowest BCUT2D eigenvalue weighted by atomic mass is 10.2. The first-order valence-electron chi connectivity index (χ1n) is 6.19. The molecule has 0 heterocycles. The molecule has 0 bridgehead atoms. The predicted octanol–water partition coefficient (Wildman–Crippen LogP) is 1.84. The second kappa shape index (κ2) is 7.70. The number of benzene rings is 1. The van der Waals surface area contributed by atoms with Gasteiger partial charge >= 0.3 is 0 Å². The molecule has 4 heteroatoms. The summed E-state index contributed by atoms with van der Waals surface area (Å²) in [4.78, 5) is 0. The van der Waals surface area contributed by atoms with Gasteiger partial charge in [0.1, 0.15) is 11.8 Å². The maximum absolute atomic E-state index is 9.06. The molecule has 2 unspecified atom stereocenters. The van der Waals surface area contributed by atoms with Crippen molar-refractivity contribution in [3.05, 3.63) is 29.8 Å². The highest BCUT2D eigenvalue weighted by Gasteiger charge is 2.04. The summed E-state index contributed by atoms with van der Waals surface area (Å²) in [6.07, 6.45) is 0.463. The molecule has 0 aliphatic rings. The van der Waals surface area contributed by atoms with Gasteiger partial charge in [-0.15, -0.1) is 0 Å². The molecule has 18 heavy (non-hydrogen) atoms. The largest absolute Gasteiger partial charge is 0.476 e. The van der Waals surface area contributed by atoms with Crippen LogP contribution >= 0.6 is 0 Å². The van der Waals surface area contributed by atoms with E-state index in [9.17, 15) is 0 Å².